The molecule has 2 rings (SSSR count). The molecule has 2 aromatic rings. The van der Waals surface area contributed by atoms with E-state index in [1.807, 2.05) is 12.4 Å². The molecule has 148 valence electrons. The molecule has 0 saturated carbocycles. The molecule has 0 aliphatic carbocycles. The fourth-order valence-corrected chi connectivity index (χ4v) is 3.53. The van der Waals surface area contributed by atoms with Crippen molar-refractivity contribution in [2.24, 2.45) is 4.99 Å². The Kier molecular flexibility index (Phi) is 9.04. The number of hydrogen-bond donors (Lipinski definition) is 2. The first-order valence-electron chi connectivity index (χ1n) is 9.85. The zero-order valence-electron chi connectivity index (χ0n) is 17.0. The second kappa shape index (κ2) is 11.5. The molecule has 0 radical (unpaired) electrons. The van der Waals surface area contributed by atoms with E-state index in [2.05, 4.69) is 70.3 Å². The largest absolute Gasteiger partial charge is 0.357 e. The molecule has 27 heavy (non-hydrogen) atoms. The summed E-state index contributed by atoms with van der Waals surface area (Å²) in [6.07, 6.45) is 5.86. The molecule has 2 aromatic heterocycles. The zero-order valence-corrected chi connectivity index (χ0v) is 17.8. The van der Waals surface area contributed by atoms with Crippen LogP contribution >= 0.6 is 11.3 Å². The minimum Gasteiger partial charge on any atom is -0.357 e. The highest BCUT2D eigenvalue weighted by atomic mass is 32.1. The summed E-state index contributed by atoms with van der Waals surface area (Å²) in [5.74, 6) is 1.85. The Morgan fingerprint density at radius 1 is 1.07 bits per heavy atom. The molecule has 0 aliphatic heterocycles. The lowest BCUT2D eigenvalue weighted by molar-refractivity contribution is 0.795. The highest BCUT2D eigenvalue weighted by Crippen LogP contribution is 2.13. The van der Waals surface area contributed by atoms with Crippen LogP contribution in [-0.2, 0) is 19.4 Å². The number of aromatic nitrogens is 2. The summed E-state index contributed by atoms with van der Waals surface area (Å²) in [6, 6.07) is 4.18. The standard InChI is InChI=1S/C20H32N6S/c1-5-17-15-24-19(27-17)11-12-22-20(21-6-2)25-14-16-9-10-18(23-13-16)26(7-3)8-4/h9-10,13,15H,5-8,11-12,14H2,1-4H3,(H2,21,22,25). The molecule has 7 heteroatoms. The number of nitrogens with zero attached hydrogens (tertiary/aromatic N) is 4. The van der Waals surface area contributed by atoms with Crippen molar-refractivity contribution in [1.82, 2.24) is 20.6 Å². The summed E-state index contributed by atoms with van der Waals surface area (Å²) in [7, 11) is 0. The van der Waals surface area contributed by atoms with Crippen molar-refractivity contribution >= 4 is 23.1 Å². The van der Waals surface area contributed by atoms with E-state index < -0.39 is 0 Å². The van der Waals surface area contributed by atoms with Crippen LogP contribution in [0.25, 0.3) is 0 Å². The Morgan fingerprint density at radius 3 is 2.48 bits per heavy atom. The minimum absolute atomic E-state index is 0.609. The number of guanidine groups is 1. The Labute approximate surface area is 167 Å². The molecular formula is C20H32N6S. The first-order valence-corrected chi connectivity index (χ1v) is 10.7. The van der Waals surface area contributed by atoms with Gasteiger partial charge in [-0.2, -0.15) is 0 Å². The molecule has 0 aromatic carbocycles. The van der Waals surface area contributed by atoms with E-state index in [-0.39, 0.29) is 0 Å². The van der Waals surface area contributed by atoms with Crippen LogP contribution in [0.4, 0.5) is 5.82 Å². The van der Waals surface area contributed by atoms with Gasteiger partial charge in [-0.3, -0.25) is 0 Å². The highest BCUT2D eigenvalue weighted by molar-refractivity contribution is 7.11. The lowest BCUT2D eigenvalue weighted by atomic mass is 10.3. The van der Waals surface area contributed by atoms with Crippen molar-refractivity contribution in [2.75, 3.05) is 31.1 Å². The summed E-state index contributed by atoms with van der Waals surface area (Å²) in [5, 5.41) is 7.86. The van der Waals surface area contributed by atoms with Gasteiger partial charge in [-0.1, -0.05) is 13.0 Å². The van der Waals surface area contributed by atoms with Crippen LogP contribution in [0.2, 0.25) is 0 Å². The minimum atomic E-state index is 0.609. The van der Waals surface area contributed by atoms with Crippen LogP contribution in [0.1, 0.15) is 43.1 Å². The molecule has 6 nitrogen and oxygen atoms in total. The Hall–Kier alpha value is -2.15. The van der Waals surface area contributed by atoms with E-state index in [9.17, 15) is 0 Å². The highest BCUT2D eigenvalue weighted by Gasteiger charge is 2.04. The number of thiazole rings is 1. The monoisotopic (exact) mass is 388 g/mol. The SMILES string of the molecule is CCNC(=NCc1ccc(N(CC)CC)nc1)NCCc1ncc(CC)s1. The van der Waals surface area contributed by atoms with Crippen molar-refractivity contribution in [1.29, 1.82) is 0 Å². The quantitative estimate of drug-likeness (QED) is 0.483. The fraction of sp³-hybridized carbons (Fsp3) is 0.550. The van der Waals surface area contributed by atoms with Crippen molar-refractivity contribution in [3.63, 3.8) is 0 Å². The summed E-state index contributed by atoms with van der Waals surface area (Å²) in [4.78, 5) is 17.3. The molecule has 0 saturated heterocycles. The zero-order chi connectivity index (χ0) is 19.5. The van der Waals surface area contributed by atoms with Gasteiger partial charge in [-0.25, -0.2) is 15.0 Å². The third-order valence-corrected chi connectivity index (χ3v) is 5.44. The van der Waals surface area contributed by atoms with Gasteiger partial charge in [0.05, 0.1) is 11.6 Å². The van der Waals surface area contributed by atoms with Gasteiger partial charge in [0.25, 0.3) is 0 Å². The van der Waals surface area contributed by atoms with Gasteiger partial charge in [0.1, 0.15) is 5.82 Å². The Morgan fingerprint density at radius 2 is 1.89 bits per heavy atom. The average Bonchev–Trinajstić information content (AvgIpc) is 3.16. The van der Waals surface area contributed by atoms with Crippen LogP contribution in [0, 0.1) is 0 Å². The van der Waals surface area contributed by atoms with E-state index in [0.29, 0.717) is 6.54 Å². The van der Waals surface area contributed by atoms with Crippen molar-refractivity contribution in [2.45, 2.75) is 47.1 Å². The number of hydrogen-bond acceptors (Lipinski definition) is 5. The first kappa shape index (κ1) is 21.2. The smallest absolute Gasteiger partial charge is 0.191 e. The van der Waals surface area contributed by atoms with Crippen LogP contribution in [0.3, 0.4) is 0 Å². The van der Waals surface area contributed by atoms with Gasteiger partial charge >= 0.3 is 0 Å². The predicted molar refractivity (Wildman–Crippen MR) is 116 cm³/mol. The maximum Gasteiger partial charge on any atom is 0.191 e. The summed E-state index contributed by atoms with van der Waals surface area (Å²) >= 11 is 1.79. The molecule has 0 aliphatic rings. The molecule has 2 N–H and O–H groups in total. The lowest BCUT2D eigenvalue weighted by Gasteiger charge is -2.19. The third-order valence-electron chi connectivity index (χ3n) is 4.24. The van der Waals surface area contributed by atoms with Gasteiger partial charge in [0.2, 0.25) is 0 Å². The maximum absolute atomic E-state index is 4.67. The number of anilines is 1. The van der Waals surface area contributed by atoms with Crippen molar-refractivity contribution in [3.8, 4) is 0 Å². The lowest BCUT2D eigenvalue weighted by Crippen LogP contribution is -2.38. The number of pyridine rings is 1. The summed E-state index contributed by atoms with van der Waals surface area (Å²) in [6.45, 7) is 12.7. The molecule has 0 atom stereocenters. The van der Waals surface area contributed by atoms with E-state index in [0.717, 1.165) is 56.4 Å². The Balaban J connectivity index is 1.88. The molecule has 0 fully saturated rings. The van der Waals surface area contributed by atoms with Crippen LogP contribution in [-0.4, -0.2) is 42.1 Å². The van der Waals surface area contributed by atoms with E-state index in [4.69, 9.17) is 0 Å². The summed E-state index contributed by atoms with van der Waals surface area (Å²) < 4.78 is 0. The molecule has 0 unspecified atom stereocenters. The molecular weight excluding hydrogens is 356 g/mol. The van der Waals surface area contributed by atoms with Crippen LogP contribution in [0.5, 0.6) is 0 Å². The molecule has 0 spiro atoms. The fourth-order valence-electron chi connectivity index (χ4n) is 2.67. The molecule has 2 heterocycles. The normalized spacial score (nSPS) is 11.5. The molecule has 0 amide bonds. The number of aliphatic imine (C=N–C) groups is 1. The second-order valence-corrected chi connectivity index (χ2v) is 7.34. The van der Waals surface area contributed by atoms with Gasteiger partial charge in [-0.05, 0) is 38.8 Å². The van der Waals surface area contributed by atoms with Crippen molar-refractivity contribution < 1.29 is 0 Å². The van der Waals surface area contributed by atoms with E-state index >= 15 is 0 Å². The maximum atomic E-state index is 4.67. The van der Waals surface area contributed by atoms with Gasteiger partial charge in [-0.15, -0.1) is 11.3 Å². The summed E-state index contributed by atoms with van der Waals surface area (Å²) in [5.41, 5.74) is 1.11. The Bertz CT molecular complexity index is 691. The van der Waals surface area contributed by atoms with Crippen LogP contribution in [0.15, 0.2) is 29.5 Å². The number of nitrogens with one attached hydrogen (secondary N) is 2. The van der Waals surface area contributed by atoms with Gasteiger partial charge in [0.15, 0.2) is 5.96 Å². The van der Waals surface area contributed by atoms with Crippen LogP contribution < -0.4 is 15.5 Å². The van der Waals surface area contributed by atoms with E-state index in [1.54, 1.807) is 11.3 Å². The van der Waals surface area contributed by atoms with Gasteiger partial charge in [0, 0.05) is 49.9 Å². The topological polar surface area (TPSA) is 65.4 Å². The van der Waals surface area contributed by atoms with E-state index in [1.165, 1.54) is 9.88 Å². The van der Waals surface area contributed by atoms with Gasteiger partial charge < -0.3 is 15.5 Å². The first-order chi connectivity index (χ1) is 13.2. The van der Waals surface area contributed by atoms with Crippen molar-refractivity contribution in [3.05, 3.63) is 40.0 Å². The second-order valence-electron chi connectivity index (χ2n) is 6.14. The predicted octanol–water partition coefficient (Wildman–Crippen LogP) is 3.24. The third kappa shape index (κ3) is 6.82. The number of aryl methyl sites for hydroxylation is 1. The number of rotatable bonds is 10. The molecule has 0 bridgehead atoms. The average molecular weight is 389 g/mol.